The summed E-state index contributed by atoms with van der Waals surface area (Å²) in [6, 6.07) is 8.60. The van der Waals surface area contributed by atoms with Gasteiger partial charge < -0.3 is 25.6 Å². The molecule has 4 aromatic rings. The minimum absolute atomic E-state index is 0.0434. The number of aromatic nitrogens is 2. The van der Waals surface area contributed by atoms with Crippen LogP contribution in [0.25, 0.3) is 22.2 Å². The third kappa shape index (κ3) is 6.19. The first-order valence-corrected chi connectivity index (χ1v) is 14.9. The number of methoxy groups -OCH3 is 1. The van der Waals surface area contributed by atoms with Crippen molar-refractivity contribution in [3.63, 3.8) is 0 Å². The monoisotopic (exact) mass is 688 g/mol. The predicted molar refractivity (Wildman–Crippen MR) is 164 cm³/mol. The molecule has 0 saturated heterocycles. The number of halogens is 4. The molecule has 13 heteroatoms. The van der Waals surface area contributed by atoms with Gasteiger partial charge in [-0.25, -0.2) is 13.8 Å². The summed E-state index contributed by atoms with van der Waals surface area (Å²) in [6.45, 7) is 1.55. The molecule has 0 bridgehead atoms. The number of benzene rings is 2. The highest BCUT2D eigenvalue weighted by Gasteiger charge is 2.47. The van der Waals surface area contributed by atoms with Crippen molar-refractivity contribution in [2.24, 2.45) is 11.7 Å². The Balaban J connectivity index is 1.57. The molecule has 0 aliphatic heterocycles. The lowest BCUT2D eigenvalue weighted by atomic mass is 9.90. The highest BCUT2D eigenvalue weighted by atomic mass is 79.9. The van der Waals surface area contributed by atoms with Crippen molar-refractivity contribution >= 4 is 50.2 Å². The van der Waals surface area contributed by atoms with Crippen molar-refractivity contribution in [2.45, 2.75) is 31.8 Å². The van der Waals surface area contributed by atoms with Gasteiger partial charge in [-0.05, 0) is 78.0 Å². The van der Waals surface area contributed by atoms with Crippen LogP contribution in [0, 0.1) is 17.6 Å². The minimum atomic E-state index is -1.73. The van der Waals surface area contributed by atoms with Crippen LogP contribution in [0.4, 0.5) is 8.78 Å². The van der Waals surface area contributed by atoms with Crippen molar-refractivity contribution in [3.05, 3.63) is 80.5 Å². The summed E-state index contributed by atoms with van der Waals surface area (Å²) in [4.78, 5) is 34.4. The number of rotatable bonds is 11. The number of nitrogens with zero attached hydrogens (tertiary/aromatic N) is 2. The summed E-state index contributed by atoms with van der Waals surface area (Å²) in [5.74, 6) is -3.13. The maximum absolute atomic E-state index is 15.3. The van der Waals surface area contributed by atoms with Crippen molar-refractivity contribution < 1.29 is 33.0 Å². The van der Waals surface area contributed by atoms with Crippen LogP contribution >= 0.6 is 27.5 Å². The zero-order valence-electron chi connectivity index (χ0n) is 23.7. The van der Waals surface area contributed by atoms with Crippen molar-refractivity contribution in [1.29, 1.82) is 0 Å². The Bertz CT molecular complexity index is 1790. The second kappa shape index (κ2) is 12.6. The van der Waals surface area contributed by atoms with E-state index in [4.69, 9.17) is 26.8 Å². The molecule has 1 atom stereocenters. The number of ether oxygens (including phenoxy) is 2. The molecule has 2 amide bonds. The van der Waals surface area contributed by atoms with Crippen LogP contribution in [0.3, 0.4) is 0 Å². The number of pyridine rings is 2. The van der Waals surface area contributed by atoms with Crippen LogP contribution in [-0.4, -0.2) is 47.2 Å². The molecule has 1 saturated carbocycles. The van der Waals surface area contributed by atoms with Crippen molar-refractivity contribution in [2.75, 3.05) is 20.3 Å². The maximum Gasteiger partial charge on any atom is 0.251 e. The first-order valence-electron chi connectivity index (χ1n) is 13.7. The van der Waals surface area contributed by atoms with Gasteiger partial charge in [-0.3, -0.25) is 14.6 Å². The SMILES string of the molecule is CCOc1c(CC(N)=O)cc([C@@](O)(CNC(=O)c2cc(OC)c3ncc(Br)cc3c2)C2CC2)nc1-c1ccc(F)c(Cl)c1F. The van der Waals surface area contributed by atoms with Crippen LogP contribution in [0.2, 0.25) is 5.02 Å². The molecule has 1 aliphatic carbocycles. The molecule has 2 aromatic carbocycles. The highest BCUT2D eigenvalue weighted by molar-refractivity contribution is 9.10. The second-order valence-corrected chi connectivity index (χ2v) is 11.7. The summed E-state index contributed by atoms with van der Waals surface area (Å²) in [5, 5.41) is 14.8. The van der Waals surface area contributed by atoms with Gasteiger partial charge in [-0.1, -0.05) is 11.6 Å². The van der Waals surface area contributed by atoms with Crippen molar-refractivity contribution in [1.82, 2.24) is 15.3 Å². The van der Waals surface area contributed by atoms with Crippen LogP contribution in [0.1, 0.15) is 41.4 Å². The molecule has 0 radical (unpaired) electrons. The lowest BCUT2D eigenvalue weighted by Gasteiger charge is -2.30. The normalized spacial score (nSPS) is 14.2. The number of nitrogens with two attached hydrogens (primary N) is 1. The van der Waals surface area contributed by atoms with Crippen LogP contribution in [0.15, 0.2) is 47.1 Å². The van der Waals surface area contributed by atoms with Gasteiger partial charge in [0, 0.05) is 32.7 Å². The van der Waals surface area contributed by atoms with Gasteiger partial charge in [0.05, 0.1) is 32.4 Å². The fourth-order valence-electron chi connectivity index (χ4n) is 5.12. The number of hydrogen-bond donors (Lipinski definition) is 3. The lowest BCUT2D eigenvalue weighted by Crippen LogP contribution is -2.43. The Kier molecular flexibility index (Phi) is 9.05. The van der Waals surface area contributed by atoms with Gasteiger partial charge in [-0.15, -0.1) is 0 Å². The van der Waals surface area contributed by atoms with Gasteiger partial charge in [-0.2, -0.15) is 0 Å². The molecule has 2 heterocycles. The topological polar surface area (TPSA) is 137 Å². The van der Waals surface area contributed by atoms with Crippen LogP contribution in [-0.2, 0) is 16.8 Å². The molecule has 2 aromatic heterocycles. The van der Waals surface area contributed by atoms with Gasteiger partial charge in [0.1, 0.15) is 39.2 Å². The molecular weight excluding hydrogens is 662 g/mol. The first kappa shape index (κ1) is 31.6. The number of hydrogen-bond acceptors (Lipinski definition) is 7. The third-order valence-corrected chi connectivity index (χ3v) is 8.19. The molecule has 9 nitrogen and oxygen atoms in total. The molecule has 0 unspecified atom stereocenters. The quantitative estimate of drug-likeness (QED) is 0.178. The molecule has 1 aliphatic rings. The zero-order chi connectivity index (χ0) is 31.8. The fourth-order valence-corrected chi connectivity index (χ4v) is 5.64. The van der Waals surface area contributed by atoms with E-state index in [0.717, 1.165) is 16.6 Å². The Morgan fingerprint density at radius 1 is 1.23 bits per heavy atom. The van der Waals surface area contributed by atoms with E-state index in [2.05, 4.69) is 31.2 Å². The number of carbonyl (C=O) groups excluding carboxylic acids is 2. The third-order valence-electron chi connectivity index (χ3n) is 7.41. The summed E-state index contributed by atoms with van der Waals surface area (Å²) >= 11 is 9.27. The Labute approximate surface area is 264 Å². The molecule has 0 spiro atoms. The zero-order valence-corrected chi connectivity index (χ0v) is 26.1. The summed E-state index contributed by atoms with van der Waals surface area (Å²) in [7, 11) is 1.47. The Hall–Kier alpha value is -3.87. The van der Waals surface area contributed by atoms with Crippen LogP contribution in [0.5, 0.6) is 11.5 Å². The summed E-state index contributed by atoms with van der Waals surface area (Å²) in [5.41, 5.74) is 4.64. The van der Waals surface area contributed by atoms with E-state index in [1.807, 2.05) is 0 Å². The molecule has 1 fully saturated rings. The standard InChI is InChI=1S/C31H28BrClF2N4O5/c1-3-44-29-16(12-24(36)40)11-23(39-28(29)20-6-7-21(34)25(33)26(20)35)31(42,18-4-5-18)14-38-30(41)17-8-15-9-19(32)13-37-27(15)22(10-17)43-2/h6-11,13,18,42H,3-5,12,14H2,1-2H3,(H2,36,40)(H,38,41)/t31-/m1/s1. The number of primary amides is 1. The summed E-state index contributed by atoms with van der Waals surface area (Å²) < 4.78 is 41.3. The van der Waals surface area contributed by atoms with Gasteiger partial charge >= 0.3 is 0 Å². The van der Waals surface area contributed by atoms with Gasteiger partial charge in [0.25, 0.3) is 5.91 Å². The van der Waals surface area contributed by atoms with E-state index >= 15 is 4.39 Å². The van der Waals surface area contributed by atoms with E-state index in [-0.39, 0.29) is 59.3 Å². The highest BCUT2D eigenvalue weighted by Crippen LogP contribution is 2.47. The number of carbonyl (C=O) groups is 2. The molecular formula is C31H28BrClF2N4O5. The van der Waals surface area contributed by atoms with E-state index in [0.29, 0.717) is 29.5 Å². The smallest absolute Gasteiger partial charge is 0.251 e. The van der Waals surface area contributed by atoms with Gasteiger partial charge in [0.2, 0.25) is 5.91 Å². The number of amides is 2. The largest absolute Gasteiger partial charge is 0.494 e. The molecule has 44 heavy (non-hydrogen) atoms. The van der Waals surface area contributed by atoms with E-state index in [1.54, 1.807) is 31.3 Å². The average Bonchev–Trinajstić information content (AvgIpc) is 3.85. The lowest BCUT2D eigenvalue weighted by molar-refractivity contribution is -0.117. The van der Waals surface area contributed by atoms with Crippen LogP contribution < -0.4 is 20.5 Å². The number of fused-ring (bicyclic) bond motifs is 1. The first-order chi connectivity index (χ1) is 21.0. The predicted octanol–water partition coefficient (Wildman–Crippen LogP) is 5.45. The minimum Gasteiger partial charge on any atom is -0.494 e. The summed E-state index contributed by atoms with van der Waals surface area (Å²) in [6.07, 6.45) is 2.56. The number of nitrogens with one attached hydrogen (secondary N) is 1. The van der Waals surface area contributed by atoms with E-state index in [9.17, 15) is 19.1 Å². The Morgan fingerprint density at radius 3 is 2.64 bits per heavy atom. The Morgan fingerprint density at radius 2 is 1.98 bits per heavy atom. The van der Waals surface area contributed by atoms with Gasteiger partial charge in [0.15, 0.2) is 5.82 Å². The average molecular weight is 690 g/mol. The second-order valence-electron chi connectivity index (χ2n) is 10.4. The molecule has 4 N–H and O–H groups in total. The molecule has 5 rings (SSSR count). The van der Waals surface area contributed by atoms with Crippen molar-refractivity contribution in [3.8, 4) is 22.8 Å². The molecule has 230 valence electrons. The van der Waals surface area contributed by atoms with E-state index in [1.165, 1.54) is 13.2 Å². The fraction of sp³-hybridized carbons (Fsp3) is 0.290. The van der Waals surface area contributed by atoms with E-state index < -0.39 is 34.1 Å². The maximum atomic E-state index is 15.3. The number of aliphatic hydroxyl groups is 1.